The normalized spacial score (nSPS) is 10.7. The van der Waals surface area contributed by atoms with Gasteiger partial charge in [-0.15, -0.1) is 11.3 Å². The van der Waals surface area contributed by atoms with Crippen LogP contribution in [-0.4, -0.2) is 14.7 Å². The van der Waals surface area contributed by atoms with Crippen LogP contribution in [0.3, 0.4) is 0 Å². The van der Waals surface area contributed by atoms with Gasteiger partial charge in [-0.2, -0.15) is 8.75 Å². The highest BCUT2D eigenvalue weighted by atomic mass is 32.1. The van der Waals surface area contributed by atoms with Crippen molar-refractivity contribution in [3.05, 3.63) is 47.3 Å². The van der Waals surface area contributed by atoms with Gasteiger partial charge >= 0.3 is 0 Å². The van der Waals surface area contributed by atoms with Crippen molar-refractivity contribution in [1.82, 2.24) is 8.75 Å². The average Bonchev–Trinajstić information content (AvgIpc) is 3.13. The van der Waals surface area contributed by atoms with Crippen LogP contribution in [0.2, 0.25) is 0 Å². The first-order valence-electron chi connectivity index (χ1n) is 6.74. The highest BCUT2D eigenvalue weighted by molar-refractivity contribution is 7.19. The van der Waals surface area contributed by atoms with E-state index in [1.807, 2.05) is 31.2 Å². The molecule has 118 valence electrons. The van der Waals surface area contributed by atoms with Crippen LogP contribution >= 0.6 is 23.1 Å². The van der Waals surface area contributed by atoms with Gasteiger partial charge in [0.2, 0.25) is 0 Å². The lowest BCUT2D eigenvalue weighted by Crippen LogP contribution is -2.13. The quantitative estimate of drug-likeness (QED) is 0.739. The Morgan fingerprint density at radius 2 is 2.04 bits per heavy atom. The van der Waals surface area contributed by atoms with E-state index in [9.17, 15) is 4.79 Å². The van der Waals surface area contributed by atoms with E-state index in [2.05, 4.69) is 8.75 Å². The van der Waals surface area contributed by atoms with Gasteiger partial charge in [-0.3, -0.25) is 4.79 Å². The Morgan fingerprint density at radius 3 is 2.61 bits per heavy atom. The fraction of sp³-hybridized carbons (Fsp3) is 0.133. The molecule has 2 heterocycles. The number of nitrogen functional groups attached to an aromatic ring is 1. The molecule has 3 rings (SSSR count). The summed E-state index contributed by atoms with van der Waals surface area (Å²) in [6, 6.07) is 7.60. The molecule has 1 aromatic carbocycles. The highest BCUT2D eigenvalue weighted by Gasteiger charge is 2.18. The van der Waals surface area contributed by atoms with Crippen LogP contribution < -0.4 is 16.2 Å². The first-order valence-corrected chi connectivity index (χ1v) is 8.29. The Balaban J connectivity index is 1.80. The minimum absolute atomic E-state index is 0.382. The van der Waals surface area contributed by atoms with Gasteiger partial charge < -0.3 is 16.2 Å². The average molecular weight is 346 g/mol. The zero-order valence-electron chi connectivity index (χ0n) is 12.3. The lowest BCUT2D eigenvalue weighted by molar-refractivity contribution is 0.100. The Morgan fingerprint density at radius 1 is 1.30 bits per heavy atom. The number of amides is 1. The zero-order chi connectivity index (χ0) is 16.4. The maximum Gasteiger partial charge on any atom is 0.251 e. The number of nitrogens with zero attached hydrogens (tertiary/aromatic N) is 2. The summed E-state index contributed by atoms with van der Waals surface area (Å²) in [6.45, 7) is 2.23. The largest absolute Gasteiger partial charge is 0.487 e. The molecule has 0 aliphatic heterocycles. The minimum Gasteiger partial charge on any atom is -0.487 e. The number of thiophene rings is 1. The summed E-state index contributed by atoms with van der Waals surface area (Å²) < 4.78 is 13.7. The van der Waals surface area contributed by atoms with Crippen molar-refractivity contribution in [3.63, 3.8) is 0 Å². The number of nitrogens with two attached hydrogens (primary N) is 2. The minimum atomic E-state index is -0.501. The van der Waals surface area contributed by atoms with E-state index in [1.54, 1.807) is 6.20 Å². The molecule has 0 bridgehead atoms. The third-order valence-electron chi connectivity index (χ3n) is 3.33. The molecule has 0 atom stereocenters. The number of anilines is 1. The van der Waals surface area contributed by atoms with Gasteiger partial charge in [0, 0.05) is 4.88 Å². The van der Waals surface area contributed by atoms with Gasteiger partial charge in [0.05, 0.1) is 28.5 Å². The van der Waals surface area contributed by atoms with E-state index in [0.717, 1.165) is 39.2 Å². The van der Waals surface area contributed by atoms with E-state index in [1.165, 1.54) is 11.3 Å². The molecule has 4 N–H and O–H groups in total. The summed E-state index contributed by atoms with van der Waals surface area (Å²) in [5.41, 5.74) is 14.2. The lowest BCUT2D eigenvalue weighted by Gasteiger charge is -2.05. The SMILES string of the molecule is Cc1c(-c2ccc(OCc3cnsn3)cc2)sc(N)c1C(N)=O. The number of rotatable bonds is 5. The van der Waals surface area contributed by atoms with Crippen molar-refractivity contribution < 1.29 is 9.53 Å². The van der Waals surface area contributed by atoms with Crippen LogP contribution in [0.1, 0.15) is 21.6 Å². The molecule has 6 nitrogen and oxygen atoms in total. The Bertz CT molecular complexity index is 826. The molecule has 0 radical (unpaired) electrons. The van der Waals surface area contributed by atoms with Crippen molar-refractivity contribution in [2.75, 3.05) is 5.73 Å². The number of benzene rings is 1. The van der Waals surface area contributed by atoms with Gasteiger partial charge in [0.15, 0.2) is 0 Å². The number of primary amides is 1. The fourth-order valence-electron chi connectivity index (χ4n) is 2.22. The first kappa shape index (κ1) is 15.4. The van der Waals surface area contributed by atoms with Crippen LogP contribution in [0.15, 0.2) is 30.5 Å². The molecule has 0 aliphatic carbocycles. The van der Waals surface area contributed by atoms with E-state index in [-0.39, 0.29) is 0 Å². The molecule has 23 heavy (non-hydrogen) atoms. The van der Waals surface area contributed by atoms with Crippen LogP contribution in [0, 0.1) is 6.92 Å². The number of ether oxygens (including phenoxy) is 1. The number of hydrogen-bond acceptors (Lipinski definition) is 7. The Kier molecular flexibility index (Phi) is 4.26. The second kappa shape index (κ2) is 6.35. The Labute approximate surface area is 141 Å². The topological polar surface area (TPSA) is 104 Å². The predicted molar refractivity (Wildman–Crippen MR) is 91.7 cm³/mol. The molecule has 1 amide bonds. The summed E-state index contributed by atoms with van der Waals surface area (Å²) >= 11 is 2.51. The molecule has 2 aromatic heterocycles. The number of hydrogen-bond donors (Lipinski definition) is 2. The van der Waals surface area contributed by atoms with Gasteiger partial charge in [-0.1, -0.05) is 0 Å². The van der Waals surface area contributed by atoms with Gasteiger partial charge in [0.1, 0.15) is 18.1 Å². The monoisotopic (exact) mass is 346 g/mol. The standard InChI is InChI=1S/C15H14N4O2S2/c1-8-12(14(16)20)15(17)22-13(8)9-2-4-11(5-3-9)21-7-10-6-18-23-19-10/h2-6H,7,17H2,1H3,(H2,16,20). The van der Waals surface area contributed by atoms with E-state index >= 15 is 0 Å². The van der Waals surface area contributed by atoms with Crippen LogP contribution in [0.25, 0.3) is 10.4 Å². The number of aromatic nitrogens is 2. The number of carbonyl (C=O) groups is 1. The molecule has 0 fully saturated rings. The molecule has 0 saturated carbocycles. The van der Waals surface area contributed by atoms with Crippen molar-refractivity contribution in [2.24, 2.45) is 5.73 Å². The van der Waals surface area contributed by atoms with E-state index in [0.29, 0.717) is 17.2 Å². The summed E-state index contributed by atoms with van der Waals surface area (Å²) in [5, 5.41) is 0.446. The van der Waals surface area contributed by atoms with Crippen molar-refractivity contribution in [2.45, 2.75) is 13.5 Å². The summed E-state index contributed by atoms with van der Waals surface area (Å²) in [7, 11) is 0. The first-order chi connectivity index (χ1) is 11.1. The summed E-state index contributed by atoms with van der Waals surface area (Å²) in [4.78, 5) is 12.4. The van der Waals surface area contributed by atoms with E-state index < -0.39 is 5.91 Å². The van der Waals surface area contributed by atoms with Crippen LogP contribution in [0.4, 0.5) is 5.00 Å². The molecule has 8 heteroatoms. The van der Waals surface area contributed by atoms with Gasteiger partial charge in [-0.25, -0.2) is 0 Å². The molecular weight excluding hydrogens is 332 g/mol. The molecule has 0 spiro atoms. The second-order valence-electron chi connectivity index (χ2n) is 4.87. The van der Waals surface area contributed by atoms with Crippen LogP contribution in [-0.2, 0) is 6.61 Å². The van der Waals surface area contributed by atoms with Crippen molar-refractivity contribution in [3.8, 4) is 16.2 Å². The smallest absolute Gasteiger partial charge is 0.251 e. The molecule has 3 aromatic rings. The fourth-order valence-corrected chi connectivity index (χ4v) is 3.73. The summed E-state index contributed by atoms with van der Waals surface area (Å²) in [5.74, 6) is 0.235. The molecule has 0 unspecified atom stereocenters. The second-order valence-corrected chi connectivity index (χ2v) is 6.48. The highest BCUT2D eigenvalue weighted by Crippen LogP contribution is 2.38. The third kappa shape index (κ3) is 3.17. The predicted octanol–water partition coefficient (Wildman–Crippen LogP) is 2.84. The molecular formula is C15H14N4O2S2. The third-order valence-corrected chi connectivity index (χ3v) is 5.02. The van der Waals surface area contributed by atoms with Crippen LogP contribution in [0.5, 0.6) is 5.75 Å². The Hall–Kier alpha value is -2.45. The number of carbonyl (C=O) groups excluding carboxylic acids is 1. The summed E-state index contributed by atoms with van der Waals surface area (Å²) in [6.07, 6.45) is 1.68. The van der Waals surface area contributed by atoms with Gasteiger partial charge in [0.25, 0.3) is 5.91 Å². The van der Waals surface area contributed by atoms with Crippen molar-refractivity contribution >= 4 is 34.0 Å². The maximum absolute atomic E-state index is 11.5. The van der Waals surface area contributed by atoms with Gasteiger partial charge in [-0.05, 0) is 42.3 Å². The maximum atomic E-state index is 11.5. The zero-order valence-corrected chi connectivity index (χ0v) is 13.9. The van der Waals surface area contributed by atoms with E-state index in [4.69, 9.17) is 16.2 Å². The molecule has 0 aliphatic rings. The van der Waals surface area contributed by atoms with Crippen molar-refractivity contribution in [1.29, 1.82) is 0 Å². The lowest BCUT2D eigenvalue weighted by atomic mass is 10.1. The molecule has 0 saturated heterocycles.